The Kier molecular flexibility index (Phi) is 3.55. The van der Waals surface area contributed by atoms with Gasteiger partial charge in [0.2, 0.25) is 5.89 Å². The number of ether oxygens (including phenoxy) is 1. The van der Waals surface area contributed by atoms with Gasteiger partial charge in [0.1, 0.15) is 11.6 Å². The van der Waals surface area contributed by atoms with Crippen LogP contribution in [0, 0.1) is 0 Å². The number of aromatic nitrogens is 1. The first-order valence-electron chi connectivity index (χ1n) is 7.68. The Bertz CT molecular complexity index is 836. The Morgan fingerprint density at radius 1 is 1.17 bits per heavy atom. The van der Waals surface area contributed by atoms with Crippen molar-refractivity contribution in [2.24, 2.45) is 0 Å². The summed E-state index contributed by atoms with van der Waals surface area (Å²) in [5.41, 5.74) is 3.03. The summed E-state index contributed by atoms with van der Waals surface area (Å²) in [7, 11) is 0. The fourth-order valence-electron chi connectivity index (χ4n) is 2.72. The third kappa shape index (κ3) is 2.83. The first-order valence-corrected chi connectivity index (χ1v) is 7.68. The second-order valence-electron chi connectivity index (χ2n) is 5.56. The summed E-state index contributed by atoms with van der Waals surface area (Å²) < 4.78 is 11.2. The molecule has 116 valence electrons. The normalized spacial score (nSPS) is 17.5. The van der Waals surface area contributed by atoms with Gasteiger partial charge in [0.15, 0.2) is 5.58 Å². The number of carbonyl (C=O) groups is 1. The number of anilines is 1. The maximum absolute atomic E-state index is 12.1. The highest BCUT2D eigenvalue weighted by molar-refractivity contribution is 5.96. The maximum Gasteiger partial charge on any atom is 0.253 e. The molecule has 1 N–H and O–H groups in total. The van der Waals surface area contributed by atoms with Gasteiger partial charge in [0.25, 0.3) is 5.91 Å². The molecule has 0 saturated carbocycles. The Hall–Kier alpha value is -2.66. The van der Waals surface area contributed by atoms with Crippen LogP contribution in [-0.4, -0.2) is 23.6 Å². The largest absolute Gasteiger partial charge is 0.436 e. The molecular formula is C18H16N2O3. The zero-order valence-corrected chi connectivity index (χ0v) is 12.5. The van der Waals surface area contributed by atoms with Crippen molar-refractivity contribution in [3.63, 3.8) is 0 Å². The third-order valence-corrected chi connectivity index (χ3v) is 3.90. The van der Waals surface area contributed by atoms with Gasteiger partial charge in [-0.05, 0) is 43.2 Å². The molecule has 5 nitrogen and oxygen atoms in total. The molecule has 23 heavy (non-hydrogen) atoms. The van der Waals surface area contributed by atoms with Gasteiger partial charge < -0.3 is 14.5 Å². The first-order chi connectivity index (χ1) is 11.3. The van der Waals surface area contributed by atoms with Crippen LogP contribution in [0.3, 0.4) is 0 Å². The van der Waals surface area contributed by atoms with Gasteiger partial charge in [-0.25, -0.2) is 4.98 Å². The molecule has 0 unspecified atom stereocenters. The molecule has 0 bridgehead atoms. The number of nitrogens with one attached hydrogen (secondary N) is 1. The molecule has 3 aromatic rings. The molecule has 1 saturated heterocycles. The van der Waals surface area contributed by atoms with E-state index in [2.05, 4.69) is 10.3 Å². The number of fused-ring (bicyclic) bond motifs is 1. The van der Waals surface area contributed by atoms with Crippen LogP contribution in [0.1, 0.15) is 12.8 Å². The molecule has 1 atom stereocenters. The van der Waals surface area contributed by atoms with Crippen molar-refractivity contribution < 1.29 is 13.9 Å². The molecule has 5 heteroatoms. The molecule has 1 aliphatic heterocycles. The monoisotopic (exact) mass is 308 g/mol. The van der Waals surface area contributed by atoms with E-state index in [-0.39, 0.29) is 12.0 Å². The topological polar surface area (TPSA) is 64.4 Å². The SMILES string of the molecule is O=C(Nc1ccc2oc(-c3ccccc3)nc2c1)[C@@H]1CCCO1. The zero-order valence-electron chi connectivity index (χ0n) is 12.5. The van der Waals surface area contributed by atoms with E-state index in [0.717, 1.165) is 18.4 Å². The van der Waals surface area contributed by atoms with E-state index in [9.17, 15) is 4.79 Å². The highest BCUT2D eigenvalue weighted by Crippen LogP contribution is 2.26. The number of nitrogens with zero attached hydrogens (tertiary/aromatic N) is 1. The predicted octanol–water partition coefficient (Wildman–Crippen LogP) is 3.61. The van der Waals surface area contributed by atoms with E-state index < -0.39 is 0 Å². The Morgan fingerprint density at radius 3 is 2.83 bits per heavy atom. The standard InChI is InChI=1S/C18H16N2O3/c21-17(16-7-4-10-22-16)19-13-8-9-15-14(11-13)20-18(23-15)12-5-2-1-3-6-12/h1-3,5-6,8-9,11,16H,4,7,10H2,(H,19,21)/t16-/m0/s1. The second-order valence-corrected chi connectivity index (χ2v) is 5.56. The Balaban J connectivity index is 1.59. The van der Waals surface area contributed by atoms with Crippen molar-refractivity contribution in [1.29, 1.82) is 0 Å². The fraction of sp³-hybridized carbons (Fsp3) is 0.222. The molecule has 1 aromatic heterocycles. The molecule has 0 aliphatic carbocycles. The van der Waals surface area contributed by atoms with Crippen LogP contribution in [0.2, 0.25) is 0 Å². The van der Waals surface area contributed by atoms with Gasteiger partial charge in [-0.2, -0.15) is 0 Å². The van der Waals surface area contributed by atoms with Crippen LogP contribution in [0.15, 0.2) is 52.9 Å². The first kappa shape index (κ1) is 14.0. The molecule has 0 spiro atoms. The van der Waals surface area contributed by atoms with Gasteiger partial charge >= 0.3 is 0 Å². The minimum absolute atomic E-state index is 0.103. The number of benzene rings is 2. The highest BCUT2D eigenvalue weighted by atomic mass is 16.5. The second kappa shape index (κ2) is 5.85. The summed E-state index contributed by atoms with van der Waals surface area (Å²) in [4.78, 5) is 16.6. The Morgan fingerprint density at radius 2 is 2.04 bits per heavy atom. The van der Waals surface area contributed by atoms with E-state index in [0.29, 0.717) is 29.3 Å². The van der Waals surface area contributed by atoms with E-state index >= 15 is 0 Å². The summed E-state index contributed by atoms with van der Waals surface area (Å²) in [6.07, 6.45) is 1.36. The van der Waals surface area contributed by atoms with Crippen molar-refractivity contribution in [1.82, 2.24) is 4.98 Å². The predicted molar refractivity (Wildman–Crippen MR) is 87.0 cm³/mol. The van der Waals surface area contributed by atoms with Crippen LogP contribution in [0.5, 0.6) is 0 Å². The van der Waals surface area contributed by atoms with Crippen molar-refractivity contribution in [3.8, 4) is 11.5 Å². The van der Waals surface area contributed by atoms with E-state index in [1.165, 1.54) is 0 Å². The highest BCUT2D eigenvalue weighted by Gasteiger charge is 2.23. The number of hydrogen-bond acceptors (Lipinski definition) is 4. The lowest BCUT2D eigenvalue weighted by Gasteiger charge is -2.09. The fourth-order valence-corrected chi connectivity index (χ4v) is 2.72. The number of amides is 1. The lowest BCUT2D eigenvalue weighted by Crippen LogP contribution is -2.26. The average Bonchev–Trinajstić information content (AvgIpc) is 3.25. The summed E-state index contributed by atoms with van der Waals surface area (Å²) in [6, 6.07) is 15.2. The molecule has 2 aromatic carbocycles. The molecule has 1 aliphatic rings. The lowest BCUT2D eigenvalue weighted by atomic mass is 10.2. The Labute approximate surface area is 133 Å². The zero-order chi connectivity index (χ0) is 15.6. The summed E-state index contributed by atoms with van der Waals surface area (Å²) >= 11 is 0. The number of rotatable bonds is 3. The van der Waals surface area contributed by atoms with Gasteiger partial charge in [0, 0.05) is 17.9 Å². The van der Waals surface area contributed by atoms with Crippen molar-refractivity contribution in [3.05, 3.63) is 48.5 Å². The average molecular weight is 308 g/mol. The quantitative estimate of drug-likeness (QED) is 0.802. The van der Waals surface area contributed by atoms with Crippen LogP contribution in [0.4, 0.5) is 5.69 Å². The summed E-state index contributed by atoms with van der Waals surface area (Å²) in [5, 5.41) is 2.88. The van der Waals surface area contributed by atoms with Gasteiger partial charge in [-0.3, -0.25) is 4.79 Å². The molecule has 1 amide bonds. The minimum Gasteiger partial charge on any atom is -0.436 e. The number of oxazole rings is 1. The maximum atomic E-state index is 12.1. The molecule has 4 rings (SSSR count). The van der Waals surface area contributed by atoms with Crippen LogP contribution < -0.4 is 5.32 Å². The summed E-state index contributed by atoms with van der Waals surface area (Å²) in [6.45, 7) is 0.654. The van der Waals surface area contributed by atoms with E-state index in [1.807, 2.05) is 48.5 Å². The number of hydrogen-bond donors (Lipinski definition) is 1. The molecule has 1 fully saturated rings. The molecular weight excluding hydrogens is 292 g/mol. The van der Waals surface area contributed by atoms with Gasteiger partial charge in [-0.1, -0.05) is 18.2 Å². The van der Waals surface area contributed by atoms with Crippen molar-refractivity contribution in [2.75, 3.05) is 11.9 Å². The van der Waals surface area contributed by atoms with Crippen LogP contribution in [0.25, 0.3) is 22.6 Å². The molecule has 0 radical (unpaired) electrons. The lowest BCUT2D eigenvalue weighted by molar-refractivity contribution is -0.124. The minimum atomic E-state index is -0.345. The van der Waals surface area contributed by atoms with Crippen molar-refractivity contribution in [2.45, 2.75) is 18.9 Å². The smallest absolute Gasteiger partial charge is 0.253 e. The third-order valence-electron chi connectivity index (χ3n) is 3.90. The van der Waals surface area contributed by atoms with Gasteiger partial charge in [-0.15, -0.1) is 0 Å². The summed E-state index contributed by atoms with van der Waals surface area (Å²) in [5.74, 6) is 0.469. The van der Waals surface area contributed by atoms with Crippen molar-refractivity contribution >= 4 is 22.7 Å². The van der Waals surface area contributed by atoms with Crippen LogP contribution >= 0.6 is 0 Å². The van der Waals surface area contributed by atoms with E-state index in [4.69, 9.17) is 9.15 Å². The van der Waals surface area contributed by atoms with Gasteiger partial charge in [0.05, 0.1) is 0 Å². The number of carbonyl (C=O) groups excluding carboxylic acids is 1. The molecule has 2 heterocycles. The van der Waals surface area contributed by atoms with Crippen LogP contribution in [-0.2, 0) is 9.53 Å². The van der Waals surface area contributed by atoms with E-state index in [1.54, 1.807) is 0 Å².